The summed E-state index contributed by atoms with van der Waals surface area (Å²) in [5.74, 6) is -0.671. The standard InChI is InChI=1S/C24H33NO11S/c1-24(23(30)36-22-19(29)20-18(28)15(11-34-20)17(10-26)35-22)12-37-21(25-24)14-4-3-13(9-16(14)27)33-8-7-32-6-5-31-2/h3-4,9,15,17-20,22,26-29H,5-8,10-12H2,1-2H3. The minimum Gasteiger partial charge on any atom is -0.507 e. The van der Waals surface area contributed by atoms with E-state index in [1.54, 1.807) is 26.2 Å². The van der Waals surface area contributed by atoms with Crippen LogP contribution in [0, 0.1) is 5.92 Å². The molecule has 2 fully saturated rings. The van der Waals surface area contributed by atoms with Crippen molar-refractivity contribution in [2.75, 3.05) is 52.5 Å². The van der Waals surface area contributed by atoms with E-state index >= 15 is 0 Å². The lowest BCUT2D eigenvalue weighted by molar-refractivity contribution is -0.242. The van der Waals surface area contributed by atoms with E-state index in [0.717, 1.165) is 0 Å². The maximum absolute atomic E-state index is 13.1. The smallest absolute Gasteiger partial charge is 0.337 e. The van der Waals surface area contributed by atoms with Crippen molar-refractivity contribution in [3.8, 4) is 11.5 Å². The van der Waals surface area contributed by atoms with Crippen LogP contribution in [-0.2, 0) is 28.5 Å². The SMILES string of the molecule is COCCOCCOc1ccc(C2=NC(C)(C(=O)OC3OC(CO)C4COC(C3O)C4O)CS2)c(O)c1. The Morgan fingerprint density at radius 3 is 2.73 bits per heavy atom. The van der Waals surface area contributed by atoms with Gasteiger partial charge < -0.3 is 48.8 Å². The Morgan fingerprint density at radius 1 is 1.22 bits per heavy atom. The summed E-state index contributed by atoms with van der Waals surface area (Å²) in [5, 5.41) is 41.7. The van der Waals surface area contributed by atoms with Crippen molar-refractivity contribution in [2.24, 2.45) is 10.9 Å². The Labute approximate surface area is 218 Å². The van der Waals surface area contributed by atoms with Gasteiger partial charge in [-0.05, 0) is 19.1 Å². The van der Waals surface area contributed by atoms with Crippen LogP contribution in [0.3, 0.4) is 0 Å². The van der Waals surface area contributed by atoms with E-state index in [2.05, 4.69) is 4.99 Å². The molecule has 13 heteroatoms. The first-order valence-electron chi connectivity index (χ1n) is 12.0. The van der Waals surface area contributed by atoms with Gasteiger partial charge in [-0.1, -0.05) is 0 Å². The molecular weight excluding hydrogens is 510 g/mol. The monoisotopic (exact) mass is 543 g/mol. The van der Waals surface area contributed by atoms with Crippen LogP contribution in [-0.4, -0.2) is 120 Å². The van der Waals surface area contributed by atoms with E-state index in [9.17, 15) is 25.2 Å². The number of phenols is 1. The molecule has 1 aromatic rings. The normalized spacial score (nSPS) is 33.2. The van der Waals surface area contributed by atoms with Crippen LogP contribution in [0.1, 0.15) is 12.5 Å². The van der Waals surface area contributed by atoms with E-state index in [1.165, 1.54) is 17.8 Å². The van der Waals surface area contributed by atoms with Gasteiger partial charge in [0, 0.05) is 30.4 Å². The molecule has 3 heterocycles. The summed E-state index contributed by atoms with van der Waals surface area (Å²) in [6.45, 7) is 2.90. The Morgan fingerprint density at radius 2 is 2.00 bits per heavy atom. The second kappa shape index (κ2) is 12.3. The minimum absolute atomic E-state index is 0.0582. The predicted molar refractivity (Wildman–Crippen MR) is 131 cm³/mol. The molecule has 4 rings (SSSR count). The highest BCUT2D eigenvalue weighted by atomic mass is 32.2. The van der Waals surface area contributed by atoms with Gasteiger partial charge in [0.25, 0.3) is 0 Å². The second-order valence-corrected chi connectivity index (χ2v) is 10.1. The molecule has 3 aliphatic heterocycles. The number of carbonyl (C=O) groups is 1. The Hall–Kier alpha value is -1.97. The number of esters is 1. The number of nitrogens with zero attached hydrogens (tertiary/aromatic N) is 1. The molecule has 7 unspecified atom stereocenters. The van der Waals surface area contributed by atoms with Gasteiger partial charge in [0.15, 0.2) is 5.54 Å². The van der Waals surface area contributed by atoms with E-state index in [4.69, 9.17) is 28.4 Å². The molecule has 0 amide bonds. The summed E-state index contributed by atoms with van der Waals surface area (Å²) < 4.78 is 32.4. The number of aliphatic hydroxyl groups excluding tert-OH is 3. The maximum atomic E-state index is 13.1. The molecule has 2 saturated heterocycles. The average Bonchev–Trinajstić information content (AvgIpc) is 3.44. The largest absolute Gasteiger partial charge is 0.507 e. The third-order valence-corrected chi connectivity index (χ3v) is 7.76. The molecule has 2 bridgehead atoms. The fourth-order valence-electron chi connectivity index (χ4n) is 4.29. The number of aromatic hydroxyl groups is 1. The molecular formula is C24H33NO11S. The first-order chi connectivity index (χ1) is 17.8. The van der Waals surface area contributed by atoms with Crippen LogP contribution in [0.15, 0.2) is 23.2 Å². The number of aliphatic hydroxyl groups is 3. The summed E-state index contributed by atoms with van der Waals surface area (Å²) in [6, 6.07) is 4.80. The molecule has 4 N–H and O–H groups in total. The van der Waals surface area contributed by atoms with Gasteiger partial charge in [-0.3, -0.25) is 4.99 Å². The highest BCUT2D eigenvalue weighted by Crippen LogP contribution is 2.38. The number of thioether (sulfide) groups is 1. The van der Waals surface area contributed by atoms with Crippen molar-refractivity contribution in [1.82, 2.24) is 0 Å². The third kappa shape index (κ3) is 6.20. The number of hydrogen-bond donors (Lipinski definition) is 4. The highest BCUT2D eigenvalue weighted by molar-refractivity contribution is 8.14. The van der Waals surface area contributed by atoms with Gasteiger partial charge in [-0.2, -0.15) is 0 Å². The number of benzene rings is 1. The molecule has 1 aromatic carbocycles. The number of fused-ring (bicyclic) bond motifs is 2. The number of phenolic OH excluding ortho intramolecular Hbond substituents is 1. The quantitative estimate of drug-likeness (QED) is 0.213. The van der Waals surface area contributed by atoms with E-state index in [-0.39, 0.29) is 18.1 Å². The van der Waals surface area contributed by atoms with Crippen molar-refractivity contribution >= 4 is 22.8 Å². The Kier molecular flexibility index (Phi) is 9.29. The zero-order chi connectivity index (χ0) is 26.6. The van der Waals surface area contributed by atoms with E-state index in [0.29, 0.717) is 42.8 Å². The lowest BCUT2D eigenvalue weighted by atomic mass is 9.95. The van der Waals surface area contributed by atoms with Crippen molar-refractivity contribution in [2.45, 2.75) is 43.2 Å². The van der Waals surface area contributed by atoms with Crippen LogP contribution >= 0.6 is 11.8 Å². The average molecular weight is 544 g/mol. The number of methoxy groups -OCH3 is 1. The number of ether oxygens (including phenoxy) is 6. The number of aliphatic imine (C=N–C) groups is 1. The minimum atomic E-state index is -1.45. The molecule has 3 aliphatic rings. The molecule has 0 saturated carbocycles. The van der Waals surface area contributed by atoms with E-state index in [1.807, 2.05) is 0 Å². The van der Waals surface area contributed by atoms with Gasteiger partial charge in [0.05, 0.1) is 45.2 Å². The highest BCUT2D eigenvalue weighted by Gasteiger charge is 2.53. The fourth-order valence-corrected chi connectivity index (χ4v) is 5.49. The molecule has 0 aliphatic carbocycles. The number of hydrogen-bond acceptors (Lipinski definition) is 13. The predicted octanol–water partition coefficient (Wildman–Crippen LogP) is -0.317. The van der Waals surface area contributed by atoms with Gasteiger partial charge in [0.2, 0.25) is 6.29 Å². The Balaban J connectivity index is 1.38. The third-order valence-electron chi connectivity index (χ3n) is 6.47. The fraction of sp³-hybridized carbons (Fsp3) is 0.667. The van der Waals surface area contributed by atoms with Gasteiger partial charge in [-0.15, -0.1) is 11.8 Å². The van der Waals surface area contributed by atoms with Crippen LogP contribution in [0.4, 0.5) is 0 Å². The van der Waals surface area contributed by atoms with Crippen LogP contribution in [0.2, 0.25) is 0 Å². The topological polar surface area (TPSA) is 166 Å². The molecule has 7 atom stereocenters. The van der Waals surface area contributed by atoms with Crippen LogP contribution in [0.5, 0.6) is 11.5 Å². The van der Waals surface area contributed by atoms with Gasteiger partial charge in [-0.25, -0.2) is 4.79 Å². The lowest BCUT2D eigenvalue weighted by Crippen LogP contribution is -2.48. The summed E-state index contributed by atoms with van der Waals surface area (Å²) in [7, 11) is 1.59. The van der Waals surface area contributed by atoms with Crippen molar-refractivity contribution < 1.29 is 53.6 Å². The Bertz CT molecular complexity index is 978. The second-order valence-electron chi connectivity index (χ2n) is 9.19. The lowest BCUT2D eigenvalue weighted by Gasteiger charge is -2.30. The summed E-state index contributed by atoms with van der Waals surface area (Å²) >= 11 is 1.27. The van der Waals surface area contributed by atoms with Crippen molar-refractivity contribution in [1.29, 1.82) is 0 Å². The molecule has 37 heavy (non-hydrogen) atoms. The molecule has 0 spiro atoms. The van der Waals surface area contributed by atoms with E-state index < -0.39 is 54.7 Å². The maximum Gasteiger partial charge on any atom is 0.337 e. The number of rotatable bonds is 11. The van der Waals surface area contributed by atoms with Gasteiger partial charge >= 0.3 is 5.97 Å². The zero-order valence-electron chi connectivity index (χ0n) is 20.6. The molecule has 0 radical (unpaired) electrons. The van der Waals surface area contributed by atoms with Crippen LogP contribution < -0.4 is 4.74 Å². The van der Waals surface area contributed by atoms with Crippen molar-refractivity contribution in [3.05, 3.63) is 23.8 Å². The summed E-state index contributed by atoms with van der Waals surface area (Å²) in [6.07, 6.45) is -5.81. The van der Waals surface area contributed by atoms with Crippen molar-refractivity contribution in [3.63, 3.8) is 0 Å². The zero-order valence-corrected chi connectivity index (χ0v) is 21.5. The number of carbonyl (C=O) groups excluding carboxylic acids is 1. The van der Waals surface area contributed by atoms with Crippen LogP contribution in [0.25, 0.3) is 0 Å². The van der Waals surface area contributed by atoms with Gasteiger partial charge in [0.1, 0.15) is 35.4 Å². The summed E-state index contributed by atoms with van der Waals surface area (Å²) in [5.41, 5.74) is -0.880. The summed E-state index contributed by atoms with van der Waals surface area (Å²) in [4.78, 5) is 17.6. The first kappa shape index (κ1) is 28.0. The first-order valence-corrected chi connectivity index (χ1v) is 13.0. The molecule has 12 nitrogen and oxygen atoms in total. The molecule has 0 aromatic heterocycles. The molecule has 206 valence electrons.